The Labute approximate surface area is 82.4 Å². The van der Waals surface area contributed by atoms with Gasteiger partial charge in [-0.05, 0) is 31.5 Å². The van der Waals surface area contributed by atoms with Crippen LogP contribution in [0.3, 0.4) is 0 Å². The zero-order valence-electron chi connectivity index (χ0n) is 8.24. The molecule has 1 rings (SSSR count). The van der Waals surface area contributed by atoms with Crippen molar-refractivity contribution in [3.05, 3.63) is 30.1 Å². The summed E-state index contributed by atoms with van der Waals surface area (Å²) in [6.07, 6.45) is 0.973. The van der Waals surface area contributed by atoms with Crippen molar-refractivity contribution in [3.8, 4) is 0 Å². The molecule has 0 aliphatic heterocycles. The van der Waals surface area contributed by atoms with Gasteiger partial charge in [0, 0.05) is 18.4 Å². The molecule has 4 heteroatoms. The van der Waals surface area contributed by atoms with Crippen LogP contribution in [0.2, 0.25) is 0 Å². The Morgan fingerprint density at radius 1 is 1.21 bits per heavy atom. The van der Waals surface area contributed by atoms with Gasteiger partial charge in [0.1, 0.15) is 0 Å². The van der Waals surface area contributed by atoms with Crippen molar-refractivity contribution in [2.45, 2.75) is 32.4 Å². The van der Waals surface area contributed by atoms with Gasteiger partial charge >= 0.3 is 0 Å². The molecular formula is C10H14F2N2. The van der Waals surface area contributed by atoms with E-state index in [1.54, 1.807) is 12.4 Å². The third-order valence-electron chi connectivity index (χ3n) is 2.10. The van der Waals surface area contributed by atoms with Crippen molar-refractivity contribution < 1.29 is 8.78 Å². The van der Waals surface area contributed by atoms with Crippen LogP contribution < -0.4 is 5.32 Å². The quantitative estimate of drug-likeness (QED) is 0.807. The molecule has 1 aromatic rings. The maximum atomic E-state index is 12.2. The van der Waals surface area contributed by atoms with Crippen molar-refractivity contribution >= 4 is 0 Å². The predicted molar refractivity (Wildman–Crippen MR) is 51.3 cm³/mol. The zero-order chi connectivity index (χ0) is 10.6. The van der Waals surface area contributed by atoms with Crippen LogP contribution in [0.15, 0.2) is 24.5 Å². The van der Waals surface area contributed by atoms with Gasteiger partial charge in [-0.2, -0.15) is 0 Å². The number of aromatic nitrogens is 1. The Kier molecular flexibility index (Phi) is 3.95. The highest BCUT2D eigenvalue weighted by Gasteiger charge is 2.16. The first-order valence-electron chi connectivity index (χ1n) is 4.55. The Bertz CT molecular complexity index is 264. The minimum Gasteiger partial charge on any atom is -0.302 e. The molecule has 0 aliphatic rings. The molecule has 1 aromatic heterocycles. The van der Waals surface area contributed by atoms with Crippen molar-refractivity contribution in [2.24, 2.45) is 0 Å². The molecule has 1 unspecified atom stereocenters. The molecule has 0 aliphatic carbocycles. The highest BCUT2D eigenvalue weighted by molar-refractivity contribution is 5.14. The molecule has 2 atom stereocenters. The number of alkyl halides is 2. The van der Waals surface area contributed by atoms with E-state index in [0.717, 1.165) is 5.56 Å². The number of pyridine rings is 1. The first-order chi connectivity index (χ1) is 6.61. The molecule has 0 saturated heterocycles. The third-order valence-corrected chi connectivity index (χ3v) is 2.10. The van der Waals surface area contributed by atoms with E-state index < -0.39 is 12.5 Å². The third kappa shape index (κ3) is 3.03. The lowest BCUT2D eigenvalue weighted by atomic mass is 10.1. The lowest BCUT2D eigenvalue weighted by Gasteiger charge is -2.19. The number of nitrogens with one attached hydrogen (secondary N) is 1. The summed E-state index contributed by atoms with van der Waals surface area (Å²) in [4.78, 5) is 3.87. The number of halogens is 2. The molecule has 0 fully saturated rings. The van der Waals surface area contributed by atoms with Gasteiger partial charge in [-0.15, -0.1) is 0 Å². The Morgan fingerprint density at radius 2 is 1.79 bits per heavy atom. The van der Waals surface area contributed by atoms with E-state index in [1.165, 1.54) is 6.92 Å². The number of rotatable bonds is 4. The zero-order valence-corrected chi connectivity index (χ0v) is 8.24. The molecular weight excluding hydrogens is 186 g/mol. The van der Waals surface area contributed by atoms with Gasteiger partial charge in [-0.25, -0.2) is 8.78 Å². The van der Waals surface area contributed by atoms with Crippen LogP contribution >= 0.6 is 0 Å². The highest BCUT2D eigenvalue weighted by atomic mass is 19.3. The summed E-state index contributed by atoms with van der Waals surface area (Å²) in [7, 11) is 0. The van der Waals surface area contributed by atoms with Crippen LogP contribution in [0.5, 0.6) is 0 Å². The summed E-state index contributed by atoms with van der Waals surface area (Å²) in [6, 6.07) is 2.76. The monoisotopic (exact) mass is 200 g/mol. The summed E-state index contributed by atoms with van der Waals surface area (Å²) in [5.41, 5.74) is 0.965. The van der Waals surface area contributed by atoms with E-state index in [0.29, 0.717) is 0 Å². The first-order valence-corrected chi connectivity index (χ1v) is 4.55. The first kappa shape index (κ1) is 11.0. The standard InChI is InChI=1S/C10H14F2N2/c1-7(14-8(2)10(11)12)9-3-5-13-6-4-9/h3-8,10,14H,1-2H3/t7-,8?/m1/s1. The number of hydrogen-bond acceptors (Lipinski definition) is 2. The van der Waals surface area contributed by atoms with E-state index in [2.05, 4.69) is 10.3 Å². The smallest absolute Gasteiger partial charge is 0.253 e. The van der Waals surface area contributed by atoms with Crippen molar-refractivity contribution in [3.63, 3.8) is 0 Å². The molecule has 1 N–H and O–H groups in total. The average molecular weight is 200 g/mol. The summed E-state index contributed by atoms with van der Waals surface area (Å²) >= 11 is 0. The van der Waals surface area contributed by atoms with Crippen LogP contribution in [-0.2, 0) is 0 Å². The molecule has 14 heavy (non-hydrogen) atoms. The van der Waals surface area contributed by atoms with Crippen molar-refractivity contribution in [2.75, 3.05) is 0 Å². The Hall–Kier alpha value is -1.03. The van der Waals surface area contributed by atoms with Gasteiger partial charge in [0.2, 0.25) is 0 Å². The minimum atomic E-state index is -2.33. The molecule has 0 saturated carbocycles. The van der Waals surface area contributed by atoms with E-state index in [9.17, 15) is 8.78 Å². The van der Waals surface area contributed by atoms with Crippen molar-refractivity contribution in [1.29, 1.82) is 0 Å². The second kappa shape index (κ2) is 5.00. The van der Waals surface area contributed by atoms with E-state index in [-0.39, 0.29) is 6.04 Å². The van der Waals surface area contributed by atoms with Gasteiger partial charge in [0.15, 0.2) is 0 Å². The maximum absolute atomic E-state index is 12.2. The number of hydrogen-bond donors (Lipinski definition) is 1. The SMILES string of the molecule is CC(N[C@H](C)c1ccncc1)C(F)F. The number of nitrogens with zero attached hydrogens (tertiary/aromatic N) is 1. The van der Waals surface area contributed by atoms with Gasteiger partial charge in [0.05, 0.1) is 6.04 Å². The fourth-order valence-electron chi connectivity index (χ4n) is 1.22. The van der Waals surface area contributed by atoms with Crippen LogP contribution in [0, 0.1) is 0 Å². The lowest BCUT2D eigenvalue weighted by molar-refractivity contribution is 0.101. The normalized spacial score (nSPS) is 15.5. The molecule has 0 amide bonds. The van der Waals surface area contributed by atoms with Crippen LogP contribution in [0.25, 0.3) is 0 Å². The summed E-state index contributed by atoms with van der Waals surface area (Å²) < 4.78 is 24.5. The Morgan fingerprint density at radius 3 is 2.29 bits per heavy atom. The van der Waals surface area contributed by atoms with Crippen LogP contribution in [-0.4, -0.2) is 17.5 Å². The minimum absolute atomic E-state index is 0.0815. The van der Waals surface area contributed by atoms with E-state index >= 15 is 0 Å². The maximum Gasteiger partial charge on any atom is 0.253 e. The fourth-order valence-corrected chi connectivity index (χ4v) is 1.22. The molecule has 0 spiro atoms. The molecule has 78 valence electrons. The predicted octanol–water partition coefficient (Wildman–Crippen LogP) is 2.39. The van der Waals surface area contributed by atoms with Gasteiger partial charge in [-0.3, -0.25) is 4.98 Å². The van der Waals surface area contributed by atoms with Gasteiger partial charge < -0.3 is 5.32 Å². The molecule has 0 radical (unpaired) electrons. The largest absolute Gasteiger partial charge is 0.302 e. The summed E-state index contributed by atoms with van der Waals surface area (Å²) in [5, 5.41) is 2.82. The second-order valence-electron chi connectivity index (χ2n) is 3.29. The molecule has 2 nitrogen and oxygen atoms in total. The molecule has 0 bridgehead atoms. The second-order valence-corrected chi connectivity index (χ2v) is 3.29. The van der Waals surface area contributed by atoms with E-state index in [1.807, 2.05) is 19.1 Å². The summed E-state index contributed by atoms with van der Waals surface area (Å²) in [6.45, 7) is 3.33. The van der Waals surface area contributed by atoms with E-state index in [4.69, 9.17) is 0 Å². The topological polar surface area (TPSA) is 24.9 Å². The van der Waals surface area contributed by atoms with Crippen LogP contribution in [0.1, 0.15) is 25.5 Å². The Balaban J connectivity index is 2.55. The lowest BCUT2D eigenvalue weighted by Crippen LogP contribution is -2.34. The molecule has 0 aromatic carbocycles. The van der Waals surface area contributed by atoms with Gasteiger partial charge in [0.25, 0.3) is 6.43 Å². The fraction of sp³-hybridized carbons (Fsp3) is 0.500. The van der Waals surface area contributed by atoms with Gasteiger partial charge in [-0.1, -0.05) is 0 Å². The molecule has 1 heterocycles. The van der Waals surface area contributed by atoms with Crippen LogP contribution in [0.4, 0.5) is 8.78 Å². The van der Waals surface area contributed by atoms with Crippen molar-refractivity contribution in [1.82, 2.24) is 10.3 Å². The highest BCUT2D eigenvalue weighted by Crippen LogP contribution is 2.12. The summed E-state index contributed by atoms with van der Waals surface area (Å²) in [5.74, 6) is 0. The average Bonchev–Trinajstić information content (AvgIpc) is 2.19.